The minimum absolute atomic E-state index is 0.00873. The van der Waals surface area contributed by atoms with Crippen molar-refractivity contribution in [2.75, 3.05) is 13.1 Å². The summed E-state index contributed by atoms with van der Waals surface area (Å²) in [5.74, 6) is 0.847. The number of rotatable bonds is 3. The molecule has 0 spiro atoms. The molecule has 2 fully saturated rings. The van der Waals surface area contributed by atoms with Gasteiger partial charge in [0.15, 0.2) is 0 Å². The van der Waals surface area contributed by atoms with Gasteiger partial charge in [0.25, 0.3) is 0 Å². The van der Waals surface area contributed by atoms with Gasteiger partial charge >= 0.3 is 0 Å². The van der Waals surface area contributed by atoms with Crippen LogP contribution in [0.2, 0.25) is 0 Å². The predicted molar refractivity (Wildman–Crippen MR) is 81.7 cm³/mol. The summed E-state index contributed by atoms with van der Waals surface area (Å²) in [5.41, 5.74) is -0.802. The molecule has 0 aromatic rings. The molecule has 20 heavy (non-hydrogen) atoms. The van der Waals surface area contributed by atoms with Crippen LogP contribution in [-0.2, 0) is 9.53 Å². The Morgan fingerprint density at radius 1 is 1.25 bits per heavy atom. The number of nitrogens with one attached hydrogen (secondary N) is 1. The van der Waals surface area contributed by atoms with E-state index in [-0.39, 0.29) is 22.5 Å². The first-order chi connectivity index (χ1) is 9.06. The molecule has 116 valence electrons. The molecule has 2 heterocycles. The van der Waals surface area contributed by atoms with Crippen molar-refractivity contribution < 1.29 is 9.53 Å². The molecule has 3 heteroatoms. The van der Waals surface area contributed by atoms with Gasteiger partial charge < -0.3 is 10.1 Å². The molecular weight excluding hydrogens is 250 g/mol. The normalized spacial score (nSPS) is 33.1. The standard InChI is InChI=1S/C17H31NO2/c1-15(2)10-13(17(5,6)20-15)14(19)16(3,4)12-8-7-9-18-11-12/h12-13,18H,7-11H2,1-6H3. The number of hydrogen-bond donors (Lipinski definition) is 1. The Morgan fingerprint density at radius 2 is 1.90 bits per heavy atom. The summed E-state index contributed by atoms with van der Waals surface area (Å²) in [6.45, 7) is 14.7. The monoisotopic (exact) mass is 281 g/mol. The average Bonchev–Trinajstić information content (AvgIpc) is 2.57. The largest absolute Gasteiger partial charge is 0.369 e. The smallest absolute Gasteiger partial charge is 0.144 e. The molecule has 0 amide bonds. The quantitative estimate of drug-likeness (QED) is 0.863. The molecule has 2 atom stereocenters. The van der Waals surface area contributed by atoms with Crippen LogP contribution < -0.4 is 5.32 Å². The second-order valence-electron chi connectivity index (χ2n) is 8.35. The van der Waals surface area contributed by atoms with E-state index in [1.54, 1.807) is 0 Å². The Labute approximate surface area is 123 Å². The first kappa shape index (κ1) is 16.0. The zero-order chi connectivity index (χ0) is 15.2. The highest BCUT2D eigenvalue weighted by Crippen LogP contribution is 2.47. The summed E-state index contributed by atoms with van der Waals surface area (Å²) in [4.78, 5) is 13.2. The summed E-state index contributed by atoms with van der Waals surface area (Å²) in [5, 5.41) is 3.44. The van der Waals surface area contributed by atoms with E-state index in [4.69, 9.17) is 4.74 Å². The van der Waals surface area contributed by atoms with Crippen molar-refractivity contribution in [2.45, 2.75) is 72.0 Å². The van der Waals surface area contributed by atoms with Crippen LogP contribution in [0.1, 0.15) is 60.8 Å². The van der Waals surface area contributed by atoms with E-state index in [1.165, 1.54) is 6.42 Å². The molecule has 0 radical (unpaired) electrons. The molecule has 0 bridgehead atoms. The molecule has 2 saturated heterocycles. The Bertz CT molecular complexity index is 378. The van der Waals surface area contributed by atoms with Gasteiger partial charge in [0.1, 0.15) is 5.78 Å². The lowest BCUT2D eigenvalue weighted by Gasteiger charge is -2.39. The second-order valence-corrected chi connectivity index (χ2v) is 8.35. The molecule has 0 aromatic heterocycles. The van der Waals surface area contributed by atoms with Crippen molar-refractivity contribution in [2.24, 2.45) is 17.3 Å². The Morgan fingerprint density at radius 3 is 2.35 bits per heavy atom. The fourth-order valence-corrected chi connectivity index (χ4v) is 4.09. The maximum atomic E-state index is 13.2. The van der Waals surface area contributed by atoms with Crippen molar-refractivity contribution in [3.05, 3.63) is 0 Å². The second kappa shape index (κ2) is 5.10. The molecule has 2 aliphatic rings. The van der Waals surface area contributed by atoms with Crippen LogP contribution in [0.15, 0.2) is 0 Å². The van der Waals surface area contributed by atoms with E-state index in [9.17, 15) is 4.79 Å². The number of ether oxygens (including phenoxy) is 1. The van der Waals surface area contributed by atoms with Crippen molar-refractivity contribution in [1.82, 2.24) is 5.32 Å². The van der Waals surface area contributed by atoms with Gasteiger partial charge in [-0.15, -0.1) is 0 Å². The van der Waals surface area contributed by atoms with Gasteiger partial charge in [0.05, 0.1) is 11.2 Å². The molecule has 0 saturated carbocycles. The lowest BCUT2D eigenvalue weighted by molar-refractivity contribution is -0.140. The highest BCUT2D eigenvalue weighted by molar-refractivity contribution is 5.88. The van der Waals surface area contributed by atoms with Crippen molar-refractivity contribution in [1.29, 1.82) is 0 Å². The number of hydrogen-bond acceptors (Lipinski definition) is 3. The van der Waals surface area contributed by atoms with Crippen molar-refractivity contribution in [3.8, 4) is 0 Å². The highest BCUT2D eigenvalue weighted by Gasteiger charge is 2.53. The van der Waals surface area contributed by atoms with Crippen molar-refractivity contribution >= 4 is 5.78 Å². The third kappa shape index (κ3) is 2.94. The van der Waals surface area contributed by atoms with Gasteiger partial charge in [0, 0.05) is 11.3 Å². The van der Waals surface area contributed by atoms with Crippen LogP contribution in [0.5, 0.6) is 0 Å². The maximum absolute atomic E-state index is 13.2. The van der Waals surface area contributed by atoms with E-state index < -0.39 is 0 Å². The van der Waals surface area contributed by atoms with Gasteiger partial charge in [-0.25, -0.2) is 0 Å². The Kier molecular flexibility index (Phi) is 4.07. The van der Waals surface area contributed by atoms with E-state index in [0.29, 0.717) is 11.7 Å². The number of carbonyl (C=O) groups is 1. The lowest BCUT2D eigenvalue weighted by Crippen LogP contribution is -2.47. The molecule has 2 aliphatic heterocycles. The van der Waals surface area contributed by atoms with Crippen LogP contribution in [0.4, 0.5) is 0 Å². The van der Waals surface area contributed by atoms with E-state index in [1.807, 2.05) is 0 Å². The fraction of sp³-hybridized carbons (Fsp3) is 0.941. The minimum atomic E-state index is -0.347. The van der Waals surface area contributed by atoms with Gasteiger partial charge in [-0.2, -0.15) is 0 Å². The van der Waals surface area contributed by atoms with Gasteiger partial charge in [-0.1, -0.05) is 13.8 Å². The lowest BCUT2D eigenvalue weighted by atomic mass is 9.66. The Hall–Kier alpha value is -0.410. The first-order valence-electron chi connectivity index (χ1n) is 8.01. The third-order valence-corrected chi connectivity index (χ3v) is 5.34. The summed E-state index contributed by atoms with van der Waals surface area (Å²) < 4.78 is 6.12. The van der Waals surface area contributed by atoms with E-state index in [0.717, 1.165) is 25.9 Å². The van der Waals surface area contributed by atoms with Gasteiger partial charge in [-0.05, 0) is 66.0 Å². The van der Waals surface area contributed by atoms with Crippen LogP contribution in [-0.4, -0.2) is 30.1 Å². The summed E-state index contributed by atoms with van der Waals surface area (Å²) in [6.07, 6.45) is 3.17. The Balaban J connectivity index is 2.17. The third-order valence-electron chi connectivity index (χ3n) is 5.34. The maximum Gasteiger partial charge on any atom is 0.144 e. The summed E-state index contributed by atoms with van der Waals surface area (Å²) in [6, 6.07) is 0. The molecule has 1 N–H and O–H groups in total. The number of piperidine rings is 1. The fourth-order valence-electron chi connectivity index (χ4n) is 4.09. The van der Waals surface area contributed by atoms with Crippen molar-refractivity contribution in [3.63, 3.8) is 0 Å². The zero-order valence-electron chi connectivity index (χ0n) is 14.0. The van der Waals surface area contributed by atoms with E-state index in [2.05, 4.69) is 46.9 Å². The van der Waals surface area contributed by atoms with Crippen LogP contribution >= 0.6 is 0 Å². The van der Waals surface area contributed by atoms with Crippen LogP contribution in [0.25, 0.3) is 0 Å². The average molecular weight is 281 g/mol. The SMILES string of the molecule is CC1(C)CC(C(=O)C(C)(C)C2CCCNC2)C(C)(C)O1. The first-order valence-corrected chi connectivity index (χ1v) is 8.01. The topological polar surface area (TPSA) is 38.3 Å². The molecule has 3 nitrogen and oxygen atoms in total. The number of carbonyl (C=O) groups excluding carboxylic acids is 1. The molecule has 0 aliphatic carbocycles. The zero-order valence-corrected chi connectivity index (χ0v) is 14.0. The summed E-state index contributed by atoms with van der Waals surface area (Å²) in [7, 11) is 0. The molecule has 0 aromatic carbocycles. The van der Waals surface area contributed by atoms with Crippen LogP contribution in [0, 0.1) is 17.3 Å². The van der Waals surface area contributed by atoms with E-state index >= 15 is 0 Å². The molecule has 2 unspecified atom stereocenters. The number of Topliss-reactive ketones (excluding diaryl/α,β-unsaturated/α-hetero) is 1. The van der Waals surface area contributed by atoms with Crippen LogP contribution in [0.3, 0.4) is 0 Å². The molecular formula is C17H31NO2. The van der Waals surface area contributed by atoms with Gasteiger partial charge in [0.2, 0.25) is 0 Å². The predicted octanol–water partition coefficient (Wildman–Crippen LogP) is 3.18. The highest BCUT2D eigenvalue weighted by atomic mass is 16.5. The number of ketones is 1. The minimum Gasteiger partial charge on any atom is -0.369 e. The van der Waals surface area contributed by atoms with Gasteiger partial charge in [-0.3, -0.25) is 4.79 Å². The summed E-state index contributed by atoms with van der Waals surface area (Å²) >= 11 is 0. The molecule has 2 rings (SSSR count).